The number of carbonyl (C=O) groups excluding carboxylic acids is 2. The number of piperazine rings is 1. The zero-order valence-electron chi connectivity index (χ0n) is 12.7. The summed E-state index contributed by atoms with van der Waals surface area (Å²) < 4.78 is 10.6. The zero-order chi connectivity index (χ0) is 16.1. The van der Waals surface area contributed by atoms with Gasteiger partial charge in [0.1, 0.15) is 11.5 Å². The fourth-order valence-corrected chi connectivity index (χ4v) is 2.48. The van der Waals surface area contributed by atoms with Gasteiger partial charge in [-0.2, -0.15) is 0 Å². The highest BCUT2D eigenvalue weighted by Gasteiger charge is 2.23. The number of carbonyl (C=O) groups is 2. The Morgan fingerprint density at radius 1 is 1.14 bits per heavy atom. The van der Waals surface area contributed by atoms with Crippen molar-refractivity contribution in [1.82, 2.24) is 4.90 Å². The Morgan fingerprint density at radius 3 is 2.36 bits per heavy atom. The third-order valence-electron chi connectivity index (χ3n) is 3.65. The summed E-state index contributed by atoms with van der Waals surface area (Å²) in [5.41, 5.74) is 0.897. The van der Waals surface area contributed by atoms with Crippen LogP contribution in [0.15, 0.2) is 18.2 Å². The molecular weight excluding hydrogens is 288 g/mol. The molecule has 0 saturated carbocycles. The summed E-state index contributed by atoms with van der Waals surface area (Å²) in [6.07, 6.45) is -0.567. The fraction of sp³-hybridized carbons (Fsp3) is 0.467. The number of hydrogen-bond acceptors (Lipinski definition) is 6. The van der Waals surface area contributed by atoms with Crippen molar-refractivity contribution in [3.8, 4) is 11.5 Å². The molecule has 22 heavy (non-hydrogen) atoms. The molecule has 1 fully saturated rings. The van der Waals surface area contributed by atoms with E-state index in [-0.39, 0.29) is 0 Å². The molecule has 2 rings (SSSR count). The number of carboxylic acids is 1. The lowest BCUT2D eigenvalue weighted by atomic mass is 10.2. The van der Waals surface area contributed by atoms with Gasteiger partial charge in [-0.1, -0.05) is 0 Å². The van der Waals surface area contributed by atoms with Crippen molar-refractivity contribution >= 4 is 17.6 Å². The van der Waals surface area contributed by atoms with Crippen molar-refractivity contribution in [2.24, 2.45) is 0 Å². The van der Waals surface area contributed by atoms with E-state index in [2.05, 4.69) is 4.90 Å². The number of aliphatic carboxylic acids is 1. The molecule has 0 atom stereocenters. The SMILES string of the molecule is COc1ccc(OC)c(N2CCN(C(=O)CC(=O)[O-])CC2)c1. The number of methoxy groups -OCH3 is 2. The van der Waals surface area contributed by atoms with Crippen molar-refractivity contribution in [3.63, 3.8) is 0 Å². The van der Waals surface area contributed by atoms with Crippen LogP contribution in [0.2, 0.25) is 0 Å². The van der Waals surface area contributed by atoms with Gasteiger partial charge in [-0.05, 0) is 12.1 Å². The molecule has 1 amide bonds. The van der Waals surface area contributed by atoms with Crippen LogP contribution in [-0.4, -0.2) is 57.2 Å². The molecule has 0 bridgehead atoms. The molecule has 0 spiro atoms. The summed E-state index contributed by atoms with van der Waals surface area (Å²) in [5, 5.41) is 10.5. The van der Waals surface area contributed by atoms with Crippen molar-refractivity contribution in [2.75, 3.05) is 45.3 Å². The molecule has 0 aromatic heterocycles. The molecule has 1 aliphatic heterocycles. The second kappa shape index (κ2) is 7.02. The maximum Gasteiger partial charge on any atom is 0.228 e. The van der Waals surface area contributed by atoms with E-state index < -0.39 is 18.3 Å². The predicted molar refractivity (Wildman–Crippen MR) is 78.0 cm³/mol. The quantitative estimate of drug-likeness (QED) is 0.682. The molecule has 1 saturated heterocycles. The highest BCUT2D eigenvalue weighted by atomic mass is 16.5. The van der Waals surface area contributed by atoms with Gasteiger partial charge < -0.3 is 29.2 Å². The topological polar surface area (TPSA) is 82.1 Å². The van der Waals surface area contributed by atoms with Gasteiger partial charge in [0.2, 0.25) is 5.91 Å². The normalized spacial score (nSPS) is 14.6. The standard InChI is InChI=1S/C15H20N2O5/c1-21-11-3-4-13(22-2)12(9-11)16-5-7-17(8-6-16)14(18)10-15(19)20/h3-4,9H,5-8,10H2,1-2H3,(H,19,20)/p-1. The smallest absolute Gasteiger partial charge is 0.228 e. The summed E-state index contributed by atoms with van der Waals surface area (Å²) in [6.45, 7) is 2.13. The minimum Gasteiger partial charge on any atom is -0.550 e. The summed E-state index contributed by atoms with van der Waals surface area (Å²) in [4.78, 5) is 25.8. The van der Waals surface area contributed by atoms with E-state index in [0.717, 1.165) is 17.2 Å². The lowest BCUT2D eigenvalue weighted by Gasteiger charge is -2.36. The predicted octanol–water partition coefficient (Wildman–Crippen LogP) is -0.508. The zero-order valence-corrected chi connectivity index (χ0v) is 12.7. The number of nitrogens with zero attached hydrogens (tertiary/aromatic N) is 2. The second-order valence-electron chi connectivity index (χ2n) is 4.95. The molecule has 1 aromatic rings. The van der Waals surface area contributed by atoms with Crippen LogP contribution in [0.25, 0.3) is 0 Å². The molecule has 0 N–H and O–H groups in total. The number of amides is 1. The van der Waals surface area contributed by atoms with Crippen molar-refractivity contribution < 1.29 is 24.2 Å². The summed E-state index contributed by atoms with van der Waals surface area (Å²) >= 11 is 0. The number of anilines is 1. The molecule has 120 valence electrons. The first kappa shape index (κ1) is 15.9. The minimum atomic E-state index is -1.35. The lowest BCUT2D eigenvalue weighted by Crippen LogP contribution is -2.49. The summed E-state index contributed by atoms with van der Waals surface area (Å²) in [5.74, 6) is -0.291. The first-order valence-electron chi connectivity index (χ1n) is 6.99. The van der Waals surface area contributed by atoms with Crippen LogP contribution < -0.4 is 19.5 Å². The van der Waals surface area contributed by atoms with Gasteiger partial charge in [0, 0.05) is 32.2 Å². The minimum absolute atomic E-state index is 0.405. The van der Waals surface area contributed by atoms with E-state index in [1.807, 2.05) is 18.2 Å². The third-order valence-corrected chi connectivity index (χ3v) is 3.65. The largest absolute Gasteiger partial charge is 0.550 e. The highest BCUT2D eigenvalue weighted by molar-refractivity contribution is 5.92. The van der Waals surface area contributed by atoms with Crippen LogP contribution >= 0.6 is 0 Å². The monoisotopic (exact) mass is 307 g/mol. The van der Waals surface area contributed by atoms with Crippen LogP contribution in [0.3, 0.4) is 0 Å². The fourth-order valence-electron chi connectivity index (χ4n) is 2.48. The van der Waals surface area contributed by atoms with Crippen LogP contribution in [0, 0.1) is 0 Å². The molecule has 7 heteroatoms. The molecule has 7 nitrogen and oxygen atoms in total. The Kier molecular flexibility index (Phi) is 5.08. The van der Waals surface area contributed by atoms with E-state index in [9.17, 15) is 14.7 Å². The van der Waals surface area contributed by atoms with E-state index in [0.29, 0.717) is 26.2 Å². The average Bonchev–Trinajstić information content (AvgIpc) is 2.53. The highest BCUT2D eigenvalue weighted by Crippen LogP contribution is 2.32. The van der Waals surface area contributed by atoms with Gasteiger partial charge in [0.05, 0.1) is 32.3 Å². The Balaban J connectivity index is 2.05. The summed E-state index contributed by atoms with van der Waals surface area (Å²) in [6, 6.07) is 5.54. The van der Waals surface area contributed by atoms with Crippen LogP contribution in [0.5, 0.6) is 11.5 Å². The van der Waals surface area contributed by atoms with Gasteiger partial charge in [-0.3, -0.25) is 4.79 Å². The average molecular weight is 307 g/mol. The molecular formula is C15H19N2O5-. The maximum atomic E-state index is 11.7. The van der Waals surface area contributed by atoms with Crippen molar-refractivity contribution in [2.45, 2.75) is 6.42 Å². The number of benzene rings is 1. The third kappa shape index (κ3) is 3.60. The van der Waals surface area contributed by atoms with Crippen molar-refractivity contribution in [3.05, 3.63) is 18.2 Å². The van der Waals surface area contributed by atoms with Crippen molar-refractivity contribution in [1.29, 1.82) is 0 Å². The summed E-state index contributed by atoms with van der Waals surface area (Å²) in [7, 11) is 3.20. The molecule has 0 aliphatic carbocycles. The molecule has 0 radical (unpaired) electrons. The number of ether oxygens (including phenoxy) is 2. The number of rotatable bonds is 5. The molecule has 1 aliphatic rings. The number of carboxylic acid groups (broad SMARTS) is 1. The van der Waals surface area contributed by atoms with Crippen LogP contribution in [0.4, 0.5) is 5.69 Å². The van der Waals surface area contributed by atoms with Gasteiger partial charge in [0.25, 0.3) is 0 Å². The maximum absolute atomic E-state index is 11.7. The van der Waals surface area contributed by atoms with Gasteiger partial charge in [-0.25, -0.2) is 0 Å². The van der Waals surface area contributed by atoms with Gasteiger partial charge >= 0.3 is 0 Å². The van der Waals surface area contributed by atoms with E-state index in [1.165, 1.54) is 0 Å². The van der Waals surface area contributed by atoms with Crippen LogP contribution in [0.1, 0.15) is 6.42 Å². The van der Waals surface area contributed by atoms with Gasteiger partial charge in [0.15, 0.2) is 0 Å². The molecule has 1 heterocycles. The Morgan fingerprint density at radius 2 is 1.82 bits per heavy atom. The first-order chi connectivity index (χ1) is 10.5. The van der Waals surface area contributed by atoms with E-state index in [4.69, 9.17) is 9.47 Å². The Hall–Kier alpha value is -2.44. The number of hydrogen-bond donors (Lipinski definition) is 0. The lowest BCUT2D eigenvalue weighted by molar-refractivity contribution is -0.304. The molecule has 0 unspecified atom stereocenters. The van der Waals surface area contributed by atoms with Gasteiger partial charge in [-0.15, -0.1) is 0 Å². The Bertz CT molecular complexity index is 553. The first-order valence-corrected chi connectivity index (χ1v) is 6.99. The van der Waals surface area contributed by atoms with E-state index in [1.54, 1.807) is 19.1 Å². The molecule has 1 aromatic carbocycles. The van der Waals surface area contributed by atoms with E-state index >= 15 is 0 Å². The Labute approximate surface area is 129 Å². The second-order valence-corrected chi connectivity index (χ2v) is 4.95. The van der Waals surface area contributed by atoms with Crippen LogP contribution in [-0.2, 0) is 9.59 Å².